The Hall–Kier alpha value is -1.97. The number of nitrogens with zero attached hydrogens (tertiary/aromatic N) is 3. The summed E-state index contributed by atoms with van der Waals surface area (Å²) in [6, 6.07) is 8.11. The van der Waals surface area contributed by atoms with Gasteiger partial charge >= 0.3 is 0 Å². The van der Waals surface area contributed by atoms with E-state index in [1.807, 2.05) is 18.3 Å². The van der Waals surface area contributed by atoms with Gasteiger partial charge in [0.25, 0.3) is 0 Å². The van der Waals surface area contributed by atoms with E-state index < -0.39 is 0 Å². The molecule has 1 saturated carbocycles. The van der Waals surface area contributed by atoms with E-state index in [4.69, 9.17) is 4.74 Å². The van der Waals surface area contributed by atoms with Crippen molar-refractivity contribution in [3.8, 4) is 17.3 Å². The van der Waals surface area contributed by atoms with Crippen molar-refractivity contribution in [3.05, 3.63) is 36.0 Å². The maximum absolute atomic E-state index is 5.73. The van der Waals surface area contributed by atoms with E-state index in [1.165, 1.54) is 102 Å². The first-order chi connectivity index (χ1) is 16.3. The number of pyridine rings is 1. The van der Waals surface area contributed by atoms with Gasteiger partial charge in [0, 0.05) is 12.3 Å². The van der Waals surface area contributed by atoms with Crippen molar-refractivity contribution in [2.75, 3.05) is 6.61 Å². The first-order valence-electron chi connectivity index (χ1n) is 13.8. The van der Waals surface area contributed by atoms with E-state index in [9.17, 15) is 0 Å². The van der Waals surface area contributed by atoms with Crippen molar-refractivity contribution in [1.82, 2.24) is 15.2 Å². The molecular formula is C29H45N3O. The molecule has 182 valence electrons. The predicted molar refractivity (Wildman–Crippen MR) is 137 cm³/mol. The molecule has 33 heavy (non-hydrogen) atoms. The van der Waals surface area contributed by atoms with E-state index in [2.05, 4.69) is 34.2 Å². The first-order valence-corrected chi connectivity index (χ1v) is 13.8. The molecule has 0 amide bonds. The Morgan fingerprint density at radius 3 is 2.09 bits per heavy atom. The van der Waals surface area contributed by atoms with Gasteiger partial charge in [-0.05, 0) is 42.9 Å². The zero-order valence-electron chi connectivity index (χ0n) is 20.9. The van der Waals surface area contributed by atoms with E-state index in [0.717, 1.165) is 30.1 Å². The maximum atomic E-state index is 5.73. The summed E-state index contributed by atoms with van der Waals surface area (Å²) in [5, 5.41) is 8.53. The van der Waals surface area contributed by atoms with Crippen molar-refractivity contribution in [3.63, 3.8) is 0 Å². The van der Waals surface area contributed by atoms with Crippen LogP contribution in [0.1, 0.15) is 115 Å². The topological polar surface area (TPSA) is 47.9 Å². The van der Waals surface area contributed by atoms with Gasteiger partial charge in [-0.2, -0.15) is 0 Å². The molecule has 0 aliphatic heterocycles. The van der Waals surface area contributed by atoms with Crippen molar-refractivity contribution >= 4 is 0 Å². The van der Waals surface area contributed by atoms with Gasteiger partial charge in [-0.1, -0.05) is 103 Å². The molecule has 0 bridgehead atoms. The van der Waals surface area contributed by atoms with Gasteiger partial charge in [0.05, 0.1) is 12.3 Å². The first kappa shape index (κ1) is 25.6. The molecule has 0 unspecified atom stereocenters. The minimum absolute atomic E-state index is 0.604. The van der Waals surface area contributed by atoms with Crippen molar-refractivity contribution < 1.29 is 4.74 Å². The number of ether oxygens (including phenoxy) is 1. The fourth-order valence-electron chi connectivity index (χ4n) is 4.37. The molecule has 0 atom stereocenters. The number of rotatable bonds is 19. The van der Waals surface area contributed by atoms with Gasteiger partial charge in [0.15, 0.2) is 0 Å². The molecule has 0 N–H and O–H groups in total. The van der Waals surface area contributed by atoms with Crippen LogP contribution in [-0.4, -0.2) is 21.8 Å². The molecule has 4 nitrogen and oxygen atoms in total. The van der Waals surface area contributed by atoms with E-state index in [0.29, 0.717) is 12.5 Å². The monoisotopic (exact) mass is 451 g/mol. The Morgan fingerprint density at radius 1 is 0.727 bits per heavy atom. The number of hydrogen-bond donors (Lipinski definition) is 0. The van der Waals surface area contributed by atoms with E-state index >= 15 is 0 Å². The molecule has 0 aromatic carbocycles. The summed E-state index contributed by atoms with van der Waals surface area (Å²) in [6.07, 6.45) is 24.9. The summed E-state index contributed by atoms with van der Waals surface area (Å²) in [5.41, 5.74) is 2.99. The zero-order chi connectivity index (χ0) is 23.0. The second-order valence-corrected chi connectivity index (χ2v) is 9.88. The van der Waals surface area contributed by atoms with Gasteiger partial charge in [-0.15, -0.1) is 10.2 Å². The molecule has 0 radical (unpaired) electrons. The third-order valence-corrected chi connectivity index (χ3v) is 6.75. The molecule has 0 spiro atoms. The molecule has 1 aliphatic carbocycles. The number of aromatic nitrogens is 3. The van der Waals surface area contributed by atoms with Crippen molar-refractivity contribution in [2.24, 2.45) is 5.92 Å². The molecule has 2 aromatic heterocycles. The van der Waals surface area contributed by atoms with Gasteiger partial charge in [-0.25, -0.2) is 0 Å². The normalized spacial score (nSPS) is 13.4. The SMILES string of the molecule is CCCCCCCCOc1ccc(-c2ccc(CCCCCCCCCC3CC3)cn2)nn1. The lowest BCUT2D eigenvalue weighted by atomic mass is 10.0. The Morgan fingerprint density at radius 2 is 1.42 bits per heavy atom. The Bertz CT molecular complexity index is 740. The fraction of sp³-hybridized carbons (Fsp3) is 0.690. The lowest BCUT2D eigenvalue weighted by molar-refractivity contribution is 0.290. The van der Waals surface area contributed by atoms with Crippen LogP contribution in [0, 0.1) is 5.92 Å². The average Bonchev–Trinajstić information content (AvgIpc) is 3.68. The summed E-state index contributed by atoms with van der Waals surface area (Å²) in [7, 11) is 0. The third kappa shape index (κ3) is 11.1. The van der Waals surface area contributed by atoms with Gasteiger partial charge in [0.1, 0.15) is 5.69 Å². The van der Waals surface area contributed by atoms with Gasteiger partial charge in [0.2, 0.25) is 5.88 Å². The lowest BCUT2D eigenvalue weighted by Gasteiger charge is -2.06. The highest BCUT2D eigenvalue weighted by Crippen LogP contribution is 2.34. The van der Waals surface area contributed by atoms with Crippen LogP contribution in [0.15, 0.2) is 30.5 Å². The van der Waals surface area contributed by atoms with E-state index in [-0.39, 0.29) is 0 Å². The van der Waals surface area contributed by atoms with Crippen LogP contribution in [0.5, 0.6) is 5.88 Å². The van der Waals surface area contributed by atoms with E-state index in [1.54, 1.807) is 0 Å². The second-order valence-electron chi connectivity index (χ2n) is 9.88. The molecular weight excluding hydrogens is 406 g/mol. The molecule has 2 aromatic rings. The molecule has 4 heteroatoms. The van der Waals surface area contributed by atoms with Gasteiger partial charge < -0.3 is 4.74 Å². The second kappa shape index (κ2) is 15.8. The Labute approximate surface area is 202 Å². The lowest BCUT2D eigenvalue weighted by Crippen LogP contribution is -2.01. The maximum Gasteiger partial charge on any atom is 0.233 e. The van der Waals surface area contributed by atoms with Crippen LogP contribution in [-0.2, 0) is 6.42 Å². The quantitative estimate of drug-likeness (QED) is 0.201. The molecule has 1 fully saturated rings. The molecule has 1 aliphatic rings. The van der Waals surface area contributed by atoms with Crippen LogP contribution >= 0.6 is 0 Å². The highest BCUT2D eigenvalue weighted by Gasteiger charge is 2.19. The van der Waals surface area contributed by atoms with Crippen LogP contribution in [0.25, 0.3) is 11.4 Å². The molecule has 3 rings (SSSR count). The van der Waals surface area contributed by atoms with Crippen molar-refractivity contribution in [1.29, 1.82) is 0 Å². The molecule has 0 saturated heterocycles. The number of unbranched alkanes of at least 4 members (excludes halogenated alkanes) is 11. The fourth-order valence-corrected chi connectivity index (χ4v) is 4.37. The zero-order valence-corrected chi connectivity index (χ0v) is 20.9. The predicted octanol–water partition coefficient (Wildman–Crippen LogP) is 8.35. The highest BCUT2D eigenvalue weighted by atomic mass is 16.5. The van der Waals surface area contributed by atoms with Crippen LogP contribution in [0.3, 0.4) is 0 Å². The average molecular weight is 452 g/mol. The minimum atomic E-state index is 0.604. The summed E-state index contributed by atoms with van der Waals surface area (Å²) in [6.45, 7) is 2.96. The smallest absolute Gasteiger partial charge is 0.233 e. The van der Waals surface area contributed by atoms with Crippen LogP contribution in [0.2, 0.25) is 0 Å². The standard InChI is InChI=1S/C29H45N3O/c1-2-3-4-5-11-14-23-33-29-22-21-28(31-32-29)27-20-19-26(24-30-27)16-13-10-8-6-7-9-12-15-25-17-18-25/h19-22,24-25H,2-18,23H2,1H3. The summed E-state index contributed by atoms with van der Waals surface area (Å²) in [4.78, 5) is 4.61. The third-order valence-electron chi connectivity index (χ3n) is 6.75. The van der Waals surface area contributed by atoms with Crippen LogP contribution in [0.4, 0.5) is 0 Å². The number of aryl methyl sites for hydroxylation is 1. The minimum Gasteiger partial charge on any atom is -0.477 e. The van der Waals surface area contributed by atoms with Crippen LogP contribution < -0.4 is 4.74 Å². The van der Waals surface area contributed by atoms with Gasteiger partial charge in [-0.3, -0.25) is 4.98 Å². The number of hydrogen-bond acceptors (Lipinski definition) is 4. The molecule has 2 heterocycles. The largest absolute Gasteiger partial charge is 0.477 e. The Kier molecular flexibility index (Phi) is 12.3. The van der Waals surface area contributed by atoms with Crippen molar-refractivity contribution in [2.45, 2.75) is 116 Å². The summed E-state index contributed by atoms with van der Waals surface area (Å²) >= 11 is 0. The summed E-state index contributed by atoms with van der Waals surface area (Å²) in [5.74, 6) is 1.71. The summed E-state index contributed by atoms with van der Waals surface area (Å²) < 4.78 is 5.73. The Balaban J connectivity index is 1.25. The highest BCUT2D eigenvalue weighted by molar-refractivity contribution is 5.53.